The highest BCUT2D eigenvalue weighted by molar-refractivity contribution is 5.84. The second-order valence-corrected chi connectivity index (χ2v) is 6.16. The third kappa shape index (κ3) is 2.32. The van der Waals surface area contributed by atoms with Crippen molar-refractivity contribution in [3.05, 3.63) is 36.0 Å². The summed E-state index contributed by atoms with van der Waals surface area (Å²) < 4.78 is 0. The number of nitrogens with one attached hydrogen (secondary N) is 1. The summed E-state index contributed by atoms with van der Waals surface area (Å²) in [5, 5.41) is 1.14. The number of para-hydroxylation sites is 1. The van der Waals surface area contributed by atoms with Crippen molar-refractivity contribution in [2.75, 3.05) is 6.54 Å². The van der Waals surface area contributed by atoms with E-state index >= 15 is 0 Å². The summed E-state index contributed by atoms with van der Waals surface area (Å²) in [7, 11) is 0. The Morgan fingerprint density at radius 1 is 1.41 bits per heavy atom. The van der Waals surface area contributed by atoms with Crippen LogP contribution in [0.2, 0.25) is 0 Å². The van der Waals surface area contributed by atoms with E-state index in [1.54, 1.807) is 6.92 Å². The van der Waals surface area contributed by atoms with E-state index in [1.807, 2.05) is 29.3 Å². The number of aromatic nitrogens is 1. The zero-order valence-electron chi connectivity index (χ0n) is 13.1. The van der Waals surface area contributed by atoms with Crippen molar-refractivity contribution in [1.82, 2.24) is 9.88 Å². The van der Waals surface area contributed by atoms with E-state index < -0.39 is 0 Å². The highest BCUT2D eigenvalue weighted by Crippen LogP contribution is 2.43. The summed E-state index contributed by atoms with van der Waals surface area (Å²) >= 11 is 0. The zero-order valence-corrected chi connectivity index (χ0v) is 13.1. The number of rotatable bonds is 4. The predicted octanol–water partition coefficient (Wildman–Crippen LogP) is 3.30. The standard InChI is InChI=1S/C18H22N2O2/c1-3-13-14(12(2)22)8-9-20(11-21)18(13)16-10-19-17-7-5-4-6-15(16)17/h4-7,10-11,13-14,18-19H,3,8-9H2,1-2H3/t13-,14-,18-/m1/s1. The fraction of sp³-hybridized carbons (Fsp3) is 0.444. The van der Waals surface area contributed by atoms with E-state index in [4.69, 9.17) is 0 Å². The van der Waals surface area contributed by atoms with Gasteiger partial charge in [-0.05, 0) is 25.3 Å². The molecule has 4 heteroatoms. The van der Waals surface area contributed by atoms with Gasteiger partial charge in [0.2, 0.25) is 6.41 Å². The lowest BCUT2D eigenvalue weighted by molar-refractivity contribution is -0.132. The van der Waals surface area contributed by atoms with Crippen LogP contribution in [0.25, 0.3) is 10.9 Å². The lowest BCUT2D eigenvalue weighted by Gasteiger charge is -2.43. The third-order valence-electron chi connectivity index (χ3n) is 5.05. The van der Waals surface area contributed by atoms with Gasteiger partial charge < -0.3 is 9.88 Å². The Labute approximate surface area is 130 Å². The largest absolute Gasteiger partial charge is 0.361 e. The summed E-state index contributed by atoms with van der Waals surface area (Å²) in [4.78, 5) is 28.8. The second kappa shape index (κ2) is 5.95. The number of hydrogen-bond acceptors (Lipinski definition) is 2. The molecule has 0 saturated carbocycles. The van der Waals surface area contributed by atoms with Crippen LogP contribution < -0.4 is 0 Å². The monoisotopic (exact) mass is 298 g/mol. The smallest absolute Gasteiger partial charge is 0.210 e. The number of likely N-dealkylation sites (tertiary alicyclic amines) is 1. The van der Waals surface area contributed by atoms with Crippen molar-refractivity contribution in [2.45, 2.75) is 32.7 Å². The molecule has 0 radical (unpaired) electrons. The molecule has 3 rings (SSSR count). The van der Waals surface area contributed by atoms with Crippen LogP contribution in [0, 0.1) is 11.8 Å². The van der Waals surface area contributed by atoms with Gasteiger partial charge in [-0.1, -0.05) is 31.5 Å². The van der Waals surface area contributed by atoms with Crippen molar-refractivity contribution in [3.63, 3.8) is 0 Å². The molecule has 2 heterocycles. The number of piperidine rings is 1. The second-order valence-electron chi connectivity index (χ2n) is 6.16. The van der Waals surface area contributed by atoms with E-state index in [0.29, 0.717) is 6.54 Å². The molecule has 0 spiro atoms. The number of ketones is 1. The van der Waals surface area contributed by atoms with Gasteiger partial charge in [0.25, 0.3) is 0 Å². The molecule has 1 saturated heterocycles. The molecular weight excluding hydrogens is 276 g/mol. The predicted molar refractivity (Wildman–Crippen MR) is 86.4 cm³/mol. The van der Waals surface area contributed by atoms with E-state index in [1.165, 1.54) is 0 Å². The minimum Gasteiger partial charge on any atom is -0.361 e. The molecule has 22 heavy (non-hydrogen) atoms. The van der Waals surface area contributed by atoms with Gasteiger partial charge >= 0.3 is 0 Å². The number of hydrogen-bond donors (Lipinski definition) is 1. The van der Waals surface area contributed by atoms with Crippen molar-refractivity contribution in [3.8, 4) is 0 Å². The number of benzene rings is 1. The Balaban J connectivity index is 2.10. The van der Waals surface area contributed by atoms with Crippen LogP contribution in [-0.4, -0.2) is 28.6 Å². The topological polar surface area (TPSA) is 53.2 Å². The van der Waals surface area contributed by atoms with Crippen LogP contribution in [0.3, 0.4) is 0 Å². The molecule has 0 unspecified atom stereocenters. The summed E-state index contributed by atoms with van der Waals surface area (Å²) in [6.07, 6.45) is 4.59. The summed E-state index contributed by atoms with van der Waals surface area (Å²) in [6.45, 7) is 4.43. The Morgan fingerprint density at radius 2 is 2.18 bits per heavy atom. The van der Waals surface area contributed by atoms with Crippen molar-refractivity contribution >= 4 is 23.1 Å². The number of carbonyl (C=O) groups excluding carboxylic acids is 2. The summed E-state index contributed by atoms with van der Waals surface area (Å²) in [6, 6.07) is 8.10. The first-order valence-corrected chi connectivity index (χ1v) is 7.94. The van der Waals surface area contributed by atoms with Gasteiger partial charge in [0.15, 0.2) is 0 Å². The van der Waals surface area contributed by atoms with E-state index in [9.17, 15) is 9.59 Å². The van der Waals surface area contributed by atoms with Crippen LogP contribution in [0.1, 0.15) is 38.3 Å². The van der Waals surface area contributed by atoms with Crippen molar-refractivity contribution in [1.29, 1.82) is 0 Å². The van der Waals surface area contributed by atoms with Gasteiger partial charge in [-0.25, -0.2) is 0 Å². The molecule has 1 aromatic carbocycles. The Morgan fingerprint density at radius 3 is 2.86 bits per heavy atom. The highest BCUT2D eigenvalue weighted by atomic mass is 16.1. The van der Waals surface area contributed by atoms with Gasteiger partial charge in [0.1, 0.15) is 5.78 Å². The minimum atomic E-state index is -0.0266. The first-order chi connectivity index (χ1) is 10.7. The molecule has 1 N–H and O–H groups in total. The molecule has 1 aliphatic rings. The fourth-order valence-corrected chi connectivity index (χ4v) is 3.99. The average Bonchev–Trinajstić information content (AvgIpc) is 2.96. The van der Waals surface area contributed by atoms with Gasteiger partial charge in [-0.15, -0.1) is 0 Å². The van der Waals surface area contributed by atoms with Gasteiger partial charge in [-0.2, -0.15) is 0 Å². The maximum atomic E-state index is 12.0. The molecule has 1 fully saturated rings. The molecule has 4 nitrogen and oxygen atoms in total. The van der Waals surface area contributed by atoms with E-state index in [-0.39, 0.29) is 23.7 Å². The van der Waals surface area contributed by atoms with Crippen LogP contribution in [-0.2, 0) is 9.59 Å². The van der Waals surface area contributed by atoms with Crippen LogP contribution >= 0.6 is 0 Å². The average molecular weight is 298 g/mol. The van der Waals surface area contributed by atoms with Crippen molar-refractivity contribution < 1.29 is 9.59 Å². The van der Waals surface area contributed by atoms with Crippen molar-refractivity contribution in [2.24, 2.45) is 11.8 Å². The Kier molecular flexibility index (Phi) is 4.01. The molecule has 1 aliphatic heterocycles. The van der Waals surface area contributed by atoms with Crippen LogP contribution in [0.15, 0.2) is 30.5 Å². The Hall–Kier alpha value is -2.10. The molecule has 1 aromatic heterocycles. The van der Waals surface area contributed by atoms with Gasteiger partial charge in [0, 0.05) is 35.1 Å². The molecule has 0 aliphatic carbocycles. The molecule has 1 amide bonds. The minimum absolute atomic E-state index is 0.0266. The zero-order chi connectivity index (χ0) is 15.7. The lowest BCUT2D eigenvalue weighted by atomic mass is 9.74. The molecular formula is C18H22N2O2. The molecule has 3 atom stereocenters. The first-order valence-electron chi connectivity index (χ1n) is 7.94. The van der Waals surface area contributed by atoms with Crippen LogP contribution in [0.4, 0.5) is 0 Å². The number of H-pyrrole nitrogens is 1. The molecule has 0 bridgehead atoms. The van der Waals surface area contributed by atoms with Gasteiger partial charge in [0.05, 0.1) is 6.04 Å². The number of carbonyl (C=O) groups is 2. The third-order valence-corrected chi connectivity index (χ3v) is 5.05. The van der Waals surface area contributed by atoms with E-state index in [0.717, 1.165) is 35.7 Å². The SMILES string of the molecule is CC[C@@H]1[C@@H](C(C)=O)CCN(C=O)[C@H]1c1c[nH]c2ccccc12. The number of Topliss-reactive ketones (excluding diaryl/α,β-unsaturated/α-hetero) is 1. The number of nitrogens with zero attached hydrogens (tertiary/aromatic N) is 1. The molecule has 2 aromatic rings. The maximum Gasteiger partial charge on any atom is 0.210 e. The van der Waals surface area contributed by atoms with Crippen LogP contribution in [0.5, 0.6) is 0 Å². The number of amides is 1. The first kappa shape index (κ1) is 14.8. The van der Waals surface area contributed by atoms with Gasteiger partial charge in [-0.3, -0.25) is 9.59 Å². The maximum absolute atomic E-state index is 12.0. The highest BCUT2D eigenvalue weighted by Gasteiger charge is 2.40. The Bertz CT molecular complexity index is 691. The summed E-state index contributed by atoms with van der Waals surface area (Å²) in [5.41, 5.74) is 2.20. The number of aromatic amines is 1. The summed E-state index contributed by atoms with van der Waals surface area (Å²) in [5.74, 6) is 0.456. The normalized spacial score (nSPS) is 25.4. The quantitative estimate of drug-likeness (QED) is 0.880. The van der Waals surface area contributed by atoms with E-state index in [2.05, 4.69) is 18.0 Å². The molecule has 116 valence electrons. The lowest BCUT2D eigenvalue weighted by Crippen LogP contribution is -2.44. The number of fused-ring (bicyclic) bond motifs is 1. The fourth-order valence-electron chi connectivity index (χ4n) is 3.99.